The lowest BCUT2D eigenvalue weighted by Crippen LogP contribution is -2.42. The molecule has 2 aromatic carbocycles. The highest BCUT2D eigenvalue weighted by Gasteiger charge is 2.37. The fraction of sp³-hybridized carbons (Fsp3) is 0.278. The Morgan fingerprint density at radius 1 is 1.27 bits per heavy atom. The molecule has 3 N–H and O–H groups in total. The first-order valence-corrected chi connectivity index (χ1v) is 9.10. The third-order valence-electron chi connectivity index (χ3n) is 4.07. The standard InChI is InChI=1S/C18H19ClN2O3S.ClH/c1-24-13-5-2-11(3-6-13)17-16(22)18(23)21(9-8-20)14-7-4-12(19)10-15(14)25-17;/h2-7,10,16-17,22H,8-9,20H2,1H3;1H/t16-,17+;/m0./s1. The molecule has 140 valence electrons. The zero-order valence-electron chi connectivity index (χ0n) is 14.1. The average Bonchev–Trinajstić information content (AvgIpc) is 2.72. The molecular weight excluding hydrogens is 395 g/mol. The van der Waals surface area contributed by atoms with E-state index in [1.165, 1.54) is 16.7 Å². The number of carbonyl (C=O) groups excluding carboxylic acids is 1. The molecular formula is C18H20Cl2N2O3S. The van der Waals surface area contributed by atoms with E-state index in [-0.39, 0.29) is 18.3 Å². The van der Waals surface area contributed by atoms with Gasteiger partial charge in [0.1, 0.15) is 11.9 Å². The molecule has 0 aromatic heterocycles. The van der Waals surface area contributed by atoms with E-state index in [0.717, 1.165) is 21.9 Å². The van der Waals surface area contributed by atoms with Crippen LogP contribution in [-0.2, 0) is 4.79 Å². The van der Waals surface area contributed by atoms with Gasteiger partial charge >= 0.3 is 0 Å². The maximum absolute atomic E-state index is 12.8. The normalized spacial score (nSPS) is 19.4. The number of aliphatic hydroxyl groups excluding tert-OH is 1. The molecule has 0 unspecified atom stereocenters. The molecule has 0 bridgehead atoms. The number of hydrogen-bond acceptors (Lipinski definition) is 5. The molecule has 2 aromatic rings. The van der Waals surface area contributed by atoms with E-state index in [9.17, 15) is 9.90 Å². The van der Waals surface area contributed by atoms with E-state index in [4.69, 9.17) is 22.1 Å². The fourth-order valence-corrected chi connectivity index (χ4v) is 4.36. The molecule has 0 aliphatic carbocycles. The highest BCUT2D eigenvalue weighted by Crippen LogP contribution is 2.46. The minimum absolute atomic E-state index is 0. The minimum atomic E-state index is -1.18. The van der Waals surface area contributed by atoms with Gasteiger partial charge in [0.2, 0.25) is 0 Å². The van der Waals surface area contributed by atoms with E-state index >= 15 is 0 Å². The first-order valence-electron chi connectivity index (χ1n) is 7.85. The summed E-state index contributed by atoms with van der Waals surface area (Å²) in [7, 11) is 1.59. The van der Waals surface area contributed by atoms with Crippen molar-refractivity contribution in [2.75, 3.05) is 25.1 Å². The van der Waals surface area contributed by atoms with Crippen LogP contribution in [-0.4, -0.2) is 37.3 Å². The largest absolute Gasteiger partial charge is 0.497 e. The Balaban J connectivity index is 0.00000243. The lowest BCUT2D eigenvalue weighted by molar-refractivity contribution is -0.126. The monoisotopic (exact) mass is 414 g/mol. The van der Waals surface area contributed by atoms with Crippen LogP contribution in [0.1, 0.15) is 10.8 Å². The van der Waals surface area contributed by atoms with Crippen LogP contribution in [0.15, 0.2) is 47.4 Å². The number of hydrogen-bond donors (Lipinski definition) is 2. The Bertz CT molecular complexity index is 774. The van der Waals surface area contributed by atoms with Crippen LogP contribution < -0.4 is 15.4 Å². The SMILES string of the molecule is COc1ccc([C@H]2Sc3cc(Cl)ccc3N(CCN)C(=O)[C@H]2O)cc1.Cl. The Morgan fingerprint density at radius 2 is 1.96 bits per heavy atom. The van der Waals surface area contributed by atoms with Crippen molar-refractivity contribution < 1.29 is 14.6 Å². The first kappa shape index (κ1) is 20.9. The Labute approximate surface area is 167 Å². The number of ether oxygens (including phenoxy) is 1. The first-order chi connectivity index (χ1) is 12.0. The number of rotatable bonds is 4. The van der Waals surface area contributed by atoms with Crippen LogP contribution in [0, 0.1) is 0 Å². The number of nitrogens with two attached hydrogens (primary N) is 1. The number of carbonyl (C=O) groups is 1. The molecule has 0 saturated heterocycles. The van der Waals surface area contributed by atoms with Gasteiger partial charge < -0.3 is 20.5 Å². The fourth-order valence-electron chi connectivity index (χ4n) is 2.82. The molecule has 0 spiro atoms. The van der Waals surface area contributed by atoms with Crippen molar-refractivity contribution >= 4 is 47.4 Å². The van der Waals surface area contributed by atoms with Crippen LogP contribution in [0.4, 0.5) is 5.69 Å². The van der Waals surface area contributed by atoms with Gasteiger partial charge in [-0.15, -0.1) is 24.2 Å². The predicted octanol–water partition coefficient (Wildman–Crippen LogP) is 3.27. The van der Waals surface area contributed by atoms with Gasteiger partial charge in [0, 0.05) is 23.0 Å². The van der Waals surface area contributed by atoms with Crippen molar-refractivity contribution in [1.82, 2.24) is 0 Å². The zero-order chi connectivity index (χ0) is 18.0. The van der Waals surface area contributed by atoms with E-state index in [0.29, 0.717) is 18.1 Å². The van der Waals surface area contributed by atoms with E-state index in [1.54, 1.807) is 19.2 Å². The van der Waals surface area contributed by atoms with Crippen molar-refractivity contribution in [2.45, 2.75) is 16.2 Å². The van der Waals surface area contributed by atoms with Crippen LogP contribution >= 0.6 is 35.8 Å². The molecule has 0 saturated carbocycles. The van der Waals surface area contributed by atoms with Crippen molar-refractivity contribution in [3.05, 3.63) is 53.1 Å². The van der Waals surface area contributed by atoms with Gasteiger partial charge in [-0.3, -0.25) is 4.79 Å². The third kappa shape index (κ3) is 4.10. The summed E-state index contributed by atoms with van der Waals surface area (Å²) in [4.78, 5) is 15.2. The summed E-state index contributed by atoms with van der Waals surface area (Å²) in [6, 6.07) is 12.7. The van der Waals surface area contributed by atoms with Gasteiger partial charge in [-0.25, -0.2) is 0 Å². The number of nitrogens with zero attached hydrogens (tertiary/aromatic N) is 1. The predicted molar refractivity (Wildman–Crippen MR) is 108 cm³/mol. The summed E-state index contributed by atoms with van der Waals surface area (Å²) in [5.74, 6) is 0.358. The van der Waals surface area contributed by atoms with Crippen LogP contribution in [0.5, 0.6) is 5.75 Å². The number of anilines is 1. The number of amides is 1. The second kappa shape index (κ2) is 8.97. The van der Waals surface area contributed by atoms with Crippen molar-refractivity contribution in [3.63, 3.8) is 0 Å². The van der Waals surface area contributed by atoms with Gasteiger partial charge in [0.05, 0.1) is 18.0 Å². The van der Waals surface area contributed by atoms with Crippen LogP contribution in [0.2, 0.25) is 5.02 Å². The Hall–Kier alpha value is -1.44. The minimum Gasteiger partial charge on any atom is -0.497 e. The number of fused-ring (bicyclic) bond motifs is 1. The van der Waals surface area contributed by atoms with Crippen molar-refractivity contribution in [1.29, 1.82) is 0 Å². The van der Waals surface area contributed by atoms with Gasteiger partial charge in [-0.1, -0.05) is 23.7 Å². The highest BCUT2D eigenvalue weighted by atomic mass is 35.5. The second-order valence-electron chi connectivity index (χ2n) is 5.65. The summed E-state index contributed by atoms with van der Waals surface area (Å²) >= 11 is 7.56. The average molecular weight is 415 g/mol. The third-order valence-corrected chi connectivity index (χ3v) is 5.67. The summed E-state index contributed by atoms with van der Waals surface area (Å²) in [6.07, 6.45) is -1.18. The van der Waals surface area contributed by atoms with Gasteiger partial charge in [0.25, 0.3) is 5.91 Å². The molecule has 1 aliphatic rings. The number of halogens is 2. The molecule has 0 fully saturated rings. The van der Waals surface area contributed by atoms with Gasteiger partial charge in [-0.05, 0) is 35.9 Å². The Kier molecular flexibility index (Phi) is 7.20. The highest BCUT2D eigenvalue weighted by molar-refractivity contribution is 7.99. The topological polar surface area (TPSA) is 75.8 Å². The molecule has 1 amide bonds. The summed E-state index contributed by atoms with van der Waals surface area (Å²) in [5.41, 5.74) is 7.22. The second-order valence-corrected chi connectivity index (χ2v) is 7.27. The quantitative estimate of drug-likeness (QED) is 0.802. The van der Waals surface area contributed by atoms with E-state index in [1.807, 2.05) is 30.3 Å². The summed E-state index contributed by atoms with van der Waals surface area (Å²) in [6.45, 7) is 0.638. The maximum Gasteiger partial charge on any atom is 0.257 e. The smallest absolute Gasteiger partial charge is 0.257 e. The molecule has 0 radical (unpaired) electrons. The number of methoxy groups -OCH3 is 1. The van der Waals surface area contributed by atoms with Crippen LogP contribution in [0.25, 0.3) is 0 Å². The molecule has 26 heavy (non-hydrogen) atoms. The summed E-state index contributed by atoms with van der Waals surface area (Å²) in [5, 5.41) is 10.9. The zero-order valence-corrected chi connectivity index (χ0v) is 16.5. The Morgan fingerprint density at radius 3 is 2.58 bits per heavy atom. The van der Waals surface area contributed by atoms with Crippen molar-refractivity contribution in [2.24, 2.45) is 5.73 Å². The number of benzene rings is 2. The molecule has 5 nitrogen and oxygen atoms in total. The molecule has 1 aliphatic heterocycles. The number of thioether (sulfide) groups is 1. The molecule has 2 atom stereocenters. The lowest BCUT2D eigenvalue weighted by atomic mass is 10.1. The molecule has 3 rings (SSSR count). The van der Waals surface area contributed by atoms with E-state index in [2.05, 4.69) is 0 Å². The van der Waals surface area contributed by atoms with Crippen LogP contribution in [0.3, 0.4) is 0 Å². The maximum atomic E-state index is 12.8. The van der Waals surface area contributed by atoms with E-state index < -0.39 is 11.4 Å². The molecule has 1 heterocycles. The molecule has 8 heteroatoms. The number of aliphatic hydroxyl groups is 1. The van der Waals surface area contributed by atoms with Gasteiger partial charge in [0.15, 0.2) is 0 Å². The van der Waals surface area contributed by atoms with Crippen molar-refractivity contribution in [3.8, 4) is 5.75 Å². The lowest BCUT2D eigenvalue weighted by Gasteiger charge is -2.24. The summed E-state index contributed by atoms with van der Waals surface area (Å²) < 4.78 is 5.17. The van der Waals surface area contributed by atoms with Gasteiger partial charge in [-0.2, -0.15) is 0 Å².